The summed E-state index contributed by atoms with van der Waals surface area (Å²) in [5.41, 5.74) is 7.91. The monoisotopic (exact) mass is 244 g/mol. The SMILES string of the molecule is CC(C)(C)C1=C2C(=C(C(C)(C)C)C1)C1CCC2C1. The van der Waals surface area contributed by atoms with Crippen molar-refractivity contribution in [3.05, 3.63) is 22.3 Å². The second kappa shape index (κ2) is 3.52. The Labute approximate surface area is 113 Å². The van der Waals surface area contributed by atoms with Crippen LogP contribution in [-0.4, -0.2) is 0 Å². The molecule has 0 saturated heterocycles. The van der Waals surface area contributed by atoms with Crippen LogP contribution >= 0.6 is 0 Å². The van der Waals surface area contributed by atoms with E-state index in [-0.39, 0.29) is 0 Å². The molecule has 0 aliphatic heterocycles. The molecule has 2 atom stereocenters. The minimum Gasteiger partial charge on any atom is -0.0570 e. The molecule has 0 heteroatoms. The molecule has 18 heavy (non-hydrogen) atoms. The maximum Gasteiger partial charge on any atom is -0.00859 e. The van der Waals surface area contributed by atoms with Gasteiger partial charge in [-0.3, -0.25) is 0 Å². The molecule has 3 aliphatic rings. The van der Waals surface area contributed by atoms with Crippen molar-refractivity contribution in [3.8, 4) is 0 Å². The molecule has 0 radical (unpaired) electrons. The molecule has 100 valence electrons. The van der Waals surface area contributed by atoms with Gasteiger partial charge < -0.3 is 0 Å². The van der Waals surface area contributed by atoms with Crippen LogP contribution in [0.3, 0.4) is 0 Å². The Morgan fingerprint density at radius 1 is 0.722 bits per heavy atom. The molecular formula is C18H28. The standard InChI is InChI=1S/C18H28/c1-17(2,3)13-10-14(18(4,5)6)16-12-8-7-11(9-12)15(13)16/h11-12H,7-10H2,1-6H3. The minimum atomic E-state index is 0.359. The molecule has 2 fully saturated rings. The highest BCUT2D eigenvalue weighted by molar-refractivity contribution is 5.57. The quantitative estimate of drug-likeness (QED) is 0.527. The Kier molecular flexibility index (Phi) is 2.45. The fourth-order valence-electron chi connectivity index (χ4n) is 4.47. The van der Waals surface area contributed by atoms with Gasteiger partial charge in [-0.25, -0.2) is 0 Å². The van der Waals surface area contributed by atoms with E-state index in [1.54, 1.807) is 11.1 Å². The fourth-order valence-corrected chi connectivity index (χ4v) is 4.47. The molecule has 0 spiro atoms. The van der Waals surface area contributed by atoms with Gasteiger partial charge in [-0.1, -0.05) is 52.7 Å². The van der Waals surface area contributed by atoms with Crippen LogP contribution in [0.2, 0.25) is 0 Å². The molecular weight excluding hydrogens is 216 g/mol. The highest BCUT2D eigenvalue weighted by atomic mass is 14.5. The van der Waals surface area contributed by atoms with Crippen LogP contribution in [0.5, 0.6) is 0 Å². The van der Waals surface area contributed by atoms with E-state index in [4.69, 9.17) is 0 Å². The molecule has 2 saturated carbocycles. The first-order valence-corrected chi connectivity index (χ1v) is 7.67. The van der Waals surface area contributed by atoms with Gasteiger partial charge in [0, 0.05) is 0 Å². The van der Waals surface area contributed by atoms with E-state index in [9.17, 15) is 0 Å². The molecule has 2 unspecified atom stereocenters. The van der Waals surface area contributed by atoms with Gasteiger partial charge in [0.1, 0.15) is 0 Å². The Morgan fingerprint density at radius 3 is 1.44 bits per heavy atom. The van der Waals surface area contributed by atoms with Gasteiger partial charge in [0.05, 0.1) is 0 Å². The van der Waals surface area contributed by atoms with Crippen LogP contribution in [0.15, 0.2) is 22.3 Å². The summed E-state index contributed by atoms with van der Waals surface area (Å²) in [4.78, 5) is 0. The van der Waals surface area contributed by atoms with E-state index in [1.165, 1.54) is 25.7 Å². The summed E-state index contributed by atoms with van der Waals surface area (Å²) in [5.74, 6) is 1.83. The highest BCUT2D eigenvalue weighted by Gasteiger charge is 2.48. The molecule has 3 rings (SSSR count). The summed E-state index contributed by atoms with van der Waals surface area (Å²) in [7, 11) is 0. The summed E-state index contributed by atoms with van der Waals surface area (Å²) in [5, 5.41) is 0. The minimum absolute atomic E-state index is 0.359. The van der Waals surface area contributed by atoms with Gasteiger partial charge in [0.25, 0.3) is 0 Å². The zero-order valence-corrected chi connectivity index (χ0v) is 13.0. The van der Waals surface area contributed by atoms with E-state index in [0.29, 0.717) is 10.8 Å². The Bertz CT molecular complexity index is 403. The van der Waals surface area contributed by atoms with Crippen LogP contribution in [-0.2, 0) is 0 Å². The predicted molar refractivity (Wildman–Crippen MR) is 78.4 cm³/mol. The average molecular weight is 244 g/mol. The third kappa shape index (κ3) is 1.64. The lowest BCUT2D eigenvalue weighted by atomic mass is 9.78. The Morgan fingerprint density at radius 2 is 1.11 bits per heavy atom. The third-order valence-corrected chi connectivity index (χ3v) is 5.35. The summed E-state index contributed by atoms with van der Waals surface area (Å²) >= 11 is 0. The van der Waals surface area contributed by atoms with Crippen molar-refractivity contribution >= 4 is 0 Å². The van der Waals surface area contributed by atoms with Crippen LogP contribution < -0.4 is 0 Å². The van der Waals surface area contributed by atoms with E-state index in [2.05, 4.69) is 41.5 Å². The molecule has 0 N–H and O–H groups in total. The molecule has 2 bridgehead atoms. The number of hydrogen-bond donors (Lipinski definition) is 0. The predicted octanol–water partition coefficient (Wildman–Crippen LogP) is 5.51. The second-order valence-corrected chi connectivity index (χ2v) is 8.67. The van der Waals surface area contributed by atoms with E-state index in [1.807, 2.05) is 11.1 Å². The maximum absolute atomic E-state index is 2.41. The maximum atomic E-state index is 2.41. The van der Waals surface area contributed by atoms with Crippen molar-refractivity contribution in [3.63, 3.8) is 0 Å². The van der Waals surface area contributed by atoms with Gasteiger partial charge in [-0.15, -0.1) is 0 Å². The van der Waals surface area contributed by atoms with Crippen molar-refractivity contribution in [2.75, 3.05) is 0 Å². The van der Waals surface area contributed by atoms with Crippen molar-refractivity contribution in [2.45, 2.75) is 67.2 Å². The van der Waals surface area contributed by atoms with Crippen LogP contribution in [0.4, 0.5) is 0 Å². The van der Waals surface area contributed by atoms with Gasteiger partial charge in [0.2, 0.25) is 0 Å². The summed E-state index contributed by atoms with van der Waals surface area (Å²) in [6, 6.07) is 0. The van der Waals surface area contributed by atoms with Crippen LogP contribution in [0.25, 0.3) is 0 Å². The summed E-state index contributed by atoms with van der Waals surface area (Å²) in [6.07, 6.45) is 5.65. The Hall–Kier alpha value is -0.520. The molecule has 3 aliphatic carbocycles. The third-order valence-electron chi connectivity index (χ3n) is 5.35. The van der Waals surface area contributed by atoms with Crippen LogP contribution in [0, 0.1) is 22.7 Å². The lowest BCUT2D eigenvalue weighted by Gasteiger charge is -2.27. The average Bonchev–Trinajstić information content (AvgIpc) is 2.85. The van der Waals surface area contributed by atoms with Crippen molar-refractivity contribution in [1.29, 1.82) is 0 Å². The van der Waals surface area contributed by atoms with E-state index < -0.39 is 0 Å². The van der Waals surface area contributed by atoms with Crippen molar-refractivity contribution in [2.24, 2.45) is 22.7 Å². The highest BCUT2D eigenvalue weighted by Crippen LogP contribution is 2.62. The zero-order valence-electron chi connectivity index (χ0n) is 13.0. The molecule has 0 amide bonds. The fraction of sp³-hybridized carbons (Fsp3) is 0.778. The van der Waals surface area contributed by atoms with Gasteiger partial charge in [-0.2, -0.15) is 0 Å². The van der Waals surface area contributed by atoms with E-state index >= 15 is 0 Å². The second-order valence-electron chi connectivity index (χ2n) is 8.67. The molecule has 0 aromatic heterocycles. The zero-order chi connectivity index (χ0) is 13.3. The van der Waals surface area contributed by atoms with Gasteiger partial charge in [-0.05, 0) is 59.5 Å². The first kappa shape index (κ1) is 12.5. The number of hydrogen-bond acceptors (Lipinski definition) is 0. The van der Waals surface area contributed by atoms with Crippen LogP contribution in [0.1, 0.15) is 67.2 Å². The topological polar surface area (TPSA) is 0 Å². The van der Waals surface area contributed by atoms with Crippen molar-refractivity contribution < 1.29 is 0 Å². The first-order chi connectivity index (χ1) is 8.19. The molecule has 0 aromatic rings. The smallest absolute Gasteiger partial charge is 0.00859 e. The number of rotatable bonds is 0. The molecule has 0 heterocycles. The lowest BCUT2D eigenvalue weighted by Crippen LogP contribution is -2.14. The van der Waals surface area contributed by atoms with Crippen molar-refractivity contribution in [1.82, 2.24) is 0 Å². The normalized spacial score (nSPS) is 31.7. The first-order valence-electron chi connectivity index (χ1n) is 7.67. The summed E-state index contributed by atoms with van der Waals surface area (Å²) in [6.45, 7) is 14.4. The van der Waals surface area contributed by atoms with Gasteiger partial charge in [0.15, 0.2) is 0 Å². The van der Waals surface area contributed by atoms with E-state index in [0.717, 1.165) is 11.8 Å². The summed E-state index contributed by atoms with van der Waals surface area (Å²) < 4.78 is 0. The Balaban J connectivity index is 2.13. The molecule has 0 aromatic carbocycles. The number of allylic oxidation sites excluding steroid dienone is 4. The van der Waals surface area contributed by atoms with Gasteiger partial charge >= 0.3 is 0 Å². The number of fused-ring (bicyclic) bond motifs is 5. The largest absolute Gasteiger partial charge is 0.0570 e. The molecule has 0 nitrogen and oxygen atoms in total. The lowest BCUT2D eigenvalue weighted by molar-refractivity contribution is 0.449.